The van der Waals surface area contributed by atoms with Crippen LogP contribution in [-0.4, -0.2) is 13.6 Å². The van der Waals surface area contributed by atoms with E-state index >= 15 is 0 Å². The van der Waals surface area contributed by atoms with Gasteiger partial charge in [0.25, 0.3) is 0 Å². The summed E-state index contributed by atoms with van der Waals surface area (Å²) in [7, 11) is 1.77. The number of benzene rings is 1. The lowest BCUT2D eigenvalue weighted by atomic mass is 10.0. The van der Waals surface area contributed by atoms with Crippen LogP contribution in [0.3, 0.4) is 0 Å². The number of nitrogens with one attached hydrogen (secondary N) is 1. The molecular weight excluding hydrogens is 241 g/mol. The predicted molar refractivity (Wildman–Crippen MR) is 61.6 cm³/mol. The van der Waals surface area contributed by atoms with Crippen molar-refractivity contribution in [3.63, 3.8) is 0 Å². The zero-order valence-corrected chi connectivity index (χ0v) is 9.73. The molecule has 18 heavy (non-hydrogen) atoms. The van der Waals surface area contributed by atoms with Crippen LogP contribution in [0.2, 0.25) is 0 Å². The quantitative estimate of drug-likeness (QED) is 0.648. The zero-order chi connectivity index (χ0) is 13.6. The molecule has 1 aromatic rings. The first kappa shape index (κ1) is 14.1. The lowest BCUT2D eigenvalue weighted by Crippen LogP contribution is -2.08. The largest absolute Gasteiger partial charge is 0.417 e. The second-order valence-electron chi connectivity index (χ2n) is 3.53. The molecule has 0 saturated heterocycles. The van der Waals surface area contributed by atoms with Crippen LogP contribution in [0.25, 0.3) is 0 Å². The molecule has 0 spiro atoms. The van der Waals surface area contributed by atoms with Gasteiger partial charge >= 0.3 is 6.18 Å². The van der Waals surface area contributed by atoms with Crippen LogP contribution in [0, 0.1) is 23.2 Å². The average molecular weight is 252 g/mol. The summed E-state index contributed by atoms with van der Waals surface area (Å²) in [6.45, 7) is 0.676. The average Bonchev–Trinajstić information content (AvgIpc) is 2.33. The lowest BCUT2D eigenvalue weighted by molar-refractivity contribution is -0.137. The van der Waals surface area contributed by atoms with Gasteiger partial charge < -0.3 is 5.32 Å². The molecule has 1 rings (SSSR count). The maximum atomic E-state index is 12.6. The van der Waals surface area contributed by atoms with Crippen molar-refractivity contribution in [2.24, 2.45) is 0 Å². The summed E-state index contributed by atoms with van der Waals surface area (Å²) in [6.07, 6.45) is -3.98. The van der Waals surface area contributed by atoms with Crippen LogP contribution in [0.1, 0.15) is 23.1 Å². The molecule has 1 aromatic carbocycles. The summed E-state index contributed by atoms with van der Waals surface area (Å²) in [5.41, 5.74) is -1.06. The van der Waals surface area contributed by atoms with Crippen LogP contribution >= 0.6 is 0 Å². The summed E-state index contributed by atoms with van der Waals surface area (Å²) in [4.78, 5) is 0. The van der Waals surface area contributed by atoms with Crippen LogP contribution in [0.5, 0.6) is 0 Å². The SMILES string of the molecule is CNCCC#Cc1ccc(C#N)c(C(F)(F)F)c1. The predicted octanol–water partition coefficient (Wildman–Crippen LogP) is 2.54. The first-order chi connectivity index (χ1) is 8.49. The Morgan fingerprint density at radius 3 is 2.61 bits per heavy atom. The van der Waals surface area contributed by atoms with E-state index in [0.717, 1.165) is 12.1 Å². The molecule has 0 unspecified atom stereocenters. The smallest absolute Gasteiger partial charge is 0.319 e. The number of halogens is 3. The highest BCUT2D eigenvalue weighted by Gasteiger charge is 2.33. The molecule has 2 nitrogen and oxygen atoms in total. The van der Waals surface area contributed by atoms with Crippen LogP contribution in [0.4, 0.5) is 13.2 Å². The Bertz CT molecular complexity index is 516. The van der Waals surface area contributed by atoms with Crippen molar-refractivity contribution in [2.45, 2.75) is 12.6 Å². The third kappa shape index (κ3) is 3.80. The van der Waals surface area contributed by atoms with Crippen molar-refractivity contribution in [2.75, 3.05) is 13.6 Å². The van der Waals surface area contributed by atoms with Crippen molar-refractivity contribution in [3.8, 4) is 17.9 Å². The first-order valence-corrected chi connectivity index (χ1v) is 5.24. The fraction of sp³-hybridized carbons (Fsp3) is 0.308. The number of alkyl halides is 3. The maximum Gasteiger partial charge on any atom is 0.417 e. The monoisotopic (exact) mass is 252 g/mol. The fourth-order valence-electron chi connectivity index (χ4n) is 1.31. The highest BCUT2D eigenvalue weighted by atomic mass is 19.4. The molecular formula is C13H11F3N2. The second-order valence-corrected chi connectivity index (χ2v) is 3.53. The van der Waals surface area contributed by atoms with Crippen molar-refractivity contribution >= 4 is 0 Å². The molecule has 0 aliphatic carbocycles. The van der Waals surface area contributed by atoms with Crippen LogP contribution in [0.15, 0.2) is 18.2 Å². The molecule has 0 amide bonds. The lowest BCUT2D eigenvalue weighted by Gasteiger charge is -2.08. The minimum atomic E-state index is -4.53. The van der Waals surface area contributed by atoms with E-state index in [1.54, 1.807) is 7.05 Å². The molecule has 0 aromatic heterocycles. The Morgan fingerprint density at radius 2 is 2.06 bits per heavy atom. The first-order valence-electron chi connectivity index (χ1n) is 5.24. The summed E-state index contributed by atoms with van der Waals surface area (Å²) in [6, 6.07) is 5.00. The molecule has 1 N–H and O–H groups in total. The number of hydrogen-bond donors (Lipinski definition) is 1. The van der Waals surface area contributed by atoms with Gasteiger partial charge in [-0.05, 0) is 25.2 Å². The van der Waals surface area contributed by atoms with Gasteiger partial charge in [0.15, 0.2) is 0 Å². The van der Waals surface area contributed by atoms with Gasteiger partial charge in [-0.2, -0.15) is 18.4 Å². The van der Waals surface area contributed by atoms with E-state index in [-0.39, 0.29) is 11.1 Å². The summed E-state index contributed by atoms with van der Waals surface area (Å²) in [5.74, 6) is 5.40. The van der Waals surface area contributed by atoms with E-state index in [1.165, 1.54) is 12.1 Å². The van der Waals surface area contributed by atoms with Gasteiger partial charge in [0.1, 0.15) is 0 Å². The molecule has 0 bridgehead atoms. The van der Waals surface area contributed by atoms with Gasteiger partial charge in [0.2, 0.25) is 0 Å². The van der Waals surface area contributed by atoms with E-state index in [1.807, 2.05) is 0 Å². The molecule has 0 aliphatic heterocycles. The van der Waals surface area contributed by atoms with E-state index in [0.29, 0.717) is 13.0 Å². The molecule has 94 valence electrons. The van der Waals surface area contributed by atoms with Gasteiger partial charge in [-0.3, -0.25) is 0 Å². The van der Waals surface area contributed by atoms with Gasteiger partial charge in [0.05, 0.1) is 17.2 Å². The zero-order valence-electron chi connectivity index (χ0n) is 9.73. The number of hydrogen-bond acceptors (Lipinski definition) is 2. The summed E-state index contributed by atoms with van der Waals surface area (Å²) in [5, 5.41) is 11.5. The second kappa shape index (κ2) is 6.09. The minimum absolute atomic E-state index is 0.262. The van der Waals surface area contributed by atoms with Gasteiger partial charge in [-0.25, -0.2) is 0 Å². The summed E-state index contributed by atoms with van der Waals surface area (Å²) < 4.78 is 37.9. The number of nitrogens with zero attached hydrogens (tertiary/aromatic N) is 1. The molecule has 0 atom stereocenters. The Hall–Kier alpha value is -1.98. The Balaban J connectivity index is 3.04. The van der Waals surface area contributed by atoms with E-state index in [2.05, 4.69) is 17.2 Å². The topological polar surface area (TPSA) is 35.8 Å². The van der Waals surface area contributed by atoms with Crippen LogP contribution < -0.4 is 5.32 Å². The van der Waals surface area contributed by atoms with Gasteiger partial charge in [0, 0.05) is 18.5 Å². The van der Waals surface area contributed by atoms with Crippen molar-refractivity contribution < 1.29 is 13.2 Å². The van der Waals surface area contributed by atoms with Crippen molar-refractivity contribution in [1.29, 1.82) is 5.26 Å². The minimum Gasteiger partial charge on any atom is -0.319 e. The number of rotatable bonds is 2. The van der Waals surface area contributed by atoms with Gasteiger partial charge in [-0.1, -0.05) is 11.8 Å². The van der Waals surface area contributed by atoms with Crippen molar-refractivity contribution in [1.82, 2.24) is 5.32 Å². The third-order valence-electron chi connectivity index (χ3n) is 2.18. The molecule has 0 radical (unpaired) electrons. The molecule has 0 saturated carbocycles. The van der Waals surface area contributed by atoms with Crippen molar-refractivity contribution in [3.05, 3.63) is 34.9 Å². The Kier molecular flexibility index (Phi) is 4.76. The maximum absolute atomic E-state index is 12.6. The van der Waals surface area contributed by atoms with E-state index < -0.39 is 11.7 Å². The van der Waals surface area contributed by atoms with E-state index in [4.69, 9.17) is 5.26 Å². The summed E-state index contributed by atoms with van der Waals surface area (Å²) >= 11 is 0. The Labute approximate surface area is 103 Å². The molecule has 0 fully saturated rings. The normalized spacial score (nSPS) is 10.4. The van der Waals surface area contributed by atoms with Gasteiger partial charge in [-0.15, -0.1) is 0 Å². The number of nitriles is 1. The highest BCUT2D eigenvalue weighted by Crippen LogP contribution is 2.32. The van der Waals surface area contributed by atoms with E-state index in [9.17, 15) is 13.2 Å². The fourth-order valence-corrected chi connectivity index (χ4v) is 1.31. The van der Waals surface area contributed by atoms with Crippen LogP contribution in [-0.2, 0) is 6.18 Å². The Morgan fingerprint density at radius 1 is 1.33 bits per heavy atom. The highest BCUT2D eigenvalue weighted by molar-refractivity contribution is 5.47. The third-order valence-corrected chi connectivity index (χ3v) is 2.18. The standard InChI is InChI=1S/C13H11F3N2/c1-18-7-3-2-4-10-5-6-11(9-17)12(8-10)13(14,15)16/h5-6,8,18H,3,7H2,1H3. The molecule has 5 heteroatoms. The molecule has 0 aliphatic rings. The molecule has 0 heterocycles.